The van der Waals surface area contributed by atoms with Gasteiger partial charge in [-0.2, -0.15) is 0 Å². The molecule has 0 aromatic carbocycles. The summed E-state index contributed by atoms with van der Waals surface area (Å²) in [4.78, 5) is 21.9. The highest BCUT2D eigenvalue weighted by Crippen LogP contribution is 2.14. The summed E-state index contributed by atoms with van der Waals surface area (Å²) in [6.07, 6.45) is 0.333. The smallest absolute Gasteiger partial charge is 0.286 e. The SMILES string of the molecule is CC(C)NCC(O)Cn1cc([N+](=O)[O-])cc(Br)c1=O. The van der Waals surface area contributed by atoms with Gasteiger partial charge in [-0.1, -0.05) is 13.8 Å². The van der Waals surface area contributed by atoms with Crippen LogP contribution in [-0.2, 0) is 6.54 Å². The van der Waals surface area contributed by atoms with Crippen molar-refractivity contribution >= 4 is 21.6 Å². The summed E-state index contributed by atoms with van der Waals surface area (Å²) in [5.41, 5.74) is -0.607. The van der Waals surface area contributed by atoms with Gasteiger partial charge in [-0.25, -0.2) is 0 Å². The summed E-state index contributed by atoms with van der Waals surface area (Å²) in [6.45, 7) is 4.18. The largest absolute Gasteiger partial charge is 0.390 e. The Labute approximate surface area is 118 Å². The number of aliphatic hydroxyl groups excluding tert-OH is 1. The Bertz CT molecular complexity index is 515. The maximum atomic E-state index is 11.8. The van der Waals surface area contributed by atoms with Gasteiger partial charge in [-0.15, -0.1) is 0 Å². The standard InChI is InChI=1S/C11H16BrN3O4/c1-7(2)13-4-9(16)6-14-5-8(15(18)19)3-10(12)11(14)17/h3,5,7,9,13,16H,4,6H2,1-2H3. The monoisotopic (exact) mass is 333 g/mol. The molecule has 1 atom stereocenters. The van der Waals surface area contributed by atoms with E-state index in [1.807, 2.05) is 13.8 Å². The normalized spacial score (nSPS) is 12.7. The number of rotatable bonds is 6. The van der Waals surface area contributed by atoms with Gasteiger partial charge in [0.2, 0.25) is 0 Å². The predicted octanol–water partition coefficient (Wildman–Crippen LogP) is 0.878. The predicted molar refractivity (Wildman–Crippen MR) is 74.2 cm³/mol. The molecule has 1 unspecified atom stereocenters. The summed E-state index contributed by atoms with van der Waals surface area (Å²) < 4.78 is 1.24. The molecule has 2 N–H and O–H groups in total. The highest BCUT2D eigenvalue weighted by Gasteiger charge is 2.14. The van der Waals surface area contributed by atoms with E-state index >= 15 is 0 Å². The van der Waals surface area contributed by atoms with Gasteiger partial charge in [0.25, 0.3) is 11.2 Å². The molecule has 0 aliphatic carbocycles. The summed E-state index contributed by atoms with van der Waals surface area (Å²) in [7, 11) is 0. The number of pyridine rings is 1. The summed E-state index contributed by atoms with van der Waals surface area (Å²) in [5, 5.41) is 23.5. The molecule has 0 saturated heterocycles. The van der Waals surface area contributed by atoms with Crippen LogP contribution in [0.1, 0.15) is 13.8 Å². The van der Waals surface area contributed by atoms with Crippen LogP contribution >= 0.6 is 15.9 Å². The Hall–Kier alpha value is -1.25. The first-order chi connectivity index (χ1) is 8.81. The molecule has 0 spiro atoms. The molecular formula is C11H16BrN3O4. The van der Waals surface area contributed by atoms with Crippen LogP contribution in [0.25, 0.3) is 0 Å². The summed E-state index contributed by atoms with van der Waals surface area (Å²) in [5.74, 6) is 0. The number of nitrogens with one attached hydrogen (secondary N) is 1. The molecule has 0 aliphatic rings. The first-order valence-corrected chi connectivity index (χ1v) is 6.56. The van der Waals surface area contributed by atoms with Crippen LogP contribution in [0.5, 0.6) is 0 Å². The van der Waals surface area contributed by atoms with Gasteiger partial charge in [-0.3, -0.25) is 14.9 Å². The average Bonchev–Trinajstić information content (AvgIpc) is 2.31. The van der Waals surface area contributed by atoms with Gasteiger partial charge >= 0.3 is 0 Å². The lowest BCUT2D eigenvalue weighted by Crippen LogP contribution is -2.36. The molecule has 0 aliphatic heterocycles. The molecular weight excluding hydrogens is 318 g/mol. The Balaban J connectivity index is 2.88. The minimum absolute atomic E-state index is 0.00116. The molecule has 0 fully saturated rings. The van der Waals surface area contributed by atoms with Crippen molar-refractivity contribution in [1.29, 1.82) is 0 Å². The van der Waals surface area contributed by atoms with Crippen LogP contribution in [0, 0.1) is 10.1 Å². The number of hydrogen-bond acceptors (Lipinski definition) is 5. The zero-order valence-electron chi connectivity index (χ0n) is 10.7. The third-order valence-corrected chi connectivity index (χ3v) is 2.98. The molecule has 106 valence electrons. The van der Waals surface area contributed by atoms with E-state index in [4.69, 9.17) is 0 Å². The fraction of sp³-hybridized carbons (Fsp3) is 0.545. The lowest BCUT2D eigenvalue weighted by atomic mass is 10.3. The number of hydrogen-bond donors (Lipinski definition) is 2. The van der Waals surface area contributed by atoms with Crippen LogP contribution < -0.4 is 10.9 Å². The van der Waals surface area contributed by atoms with E-state index in [9.17, 15) is 20.0 Å². The van der Waals surface area contributed by atoms with Gasteiger partial charge in [0, 0.05) is 18.7 Å². The van der Waals surface area contributed by atoms with E-state index in [1.165, 1.54) is 0 Å². The van der Waals surface area contributed by atoms with E-state index in [1.54, 1.807) is 0 Å². The third kappa shape index (κ3) is 4.73. The van der Waals surface area contributed by atoms with Gasteiger partial charge in [0.15, 0.2) is 0 Å². The Morgan fingerprint density at radius 1 is 1.58 bits per heavy atom. The molecule has 1 aromatic heterocycles. The molecule has 0 amide bonds. The second kappa shape index (κ2) is 6.78. The van der Waals surface area contributed by atoms with Crippen molar-refractivity contribution in [2.75, 3.05) is 6.54 Å². The minimum Gasteiger partial charge on any atom is -0.390 e. The first-order valence-electron chi connectivity index (χ1n) is 5.77. The number of aliphatic hydroxyl groups is 1. The highest BCUT2D eigenvalue weighted by molar-refractivity contribution is 9.10. The summed E-state index contributed by atoms with van der Waals surface area (Å²) in [6, 6.07) is 1.36. The van der Waals surface area contributed by atoms with Crippen molar-refractivity contribution in [1.82, 2.24) is 9.88 Å². The molecule has 1 heterocycles. The Morgan fingerprint density at radius 2 is 2.21 bits per heavy atom. The van der Waals surface area contributed by atoms with Gasteiger partial charge < -0.3 is 15.0 Å². The zero-order valence-corrected chi connectivity index (χ0v) is 12.3. The Kier molecular flexibility index (Phi) is 5.64. The quantitative estimate of drug-likeness (QED) is 0.594. The van der Waals surface area contributed by atoms with Crippen molar-refractivity contribution in [2.24, 2.45) is 0 Å². The zero-order chi connectivity index (χ0) is 14.6. The van der Waals surface area contributed by atoms with Gasteiger partial charge in [0.05, 0.1) is 28.2 Å². The number of aromatic nitrogens is 1. The van der Waals surface area contributed by atoms with Crippen molar-refractivity contribution in [2.45, 2.75) is 32.5 Å². The van der Waals surface area contributed by atoms with Crippen molar-refractivity contribution < 1.29 is 10.0 Å². The van der Waals surface area contributed by atoms with Crippen LogP contribution in [0.3, 0.4) is 0 Å². The first kappa shape index (κ1) is 15.8. The minimum atomic E-state index is -0.797. The molecule has 19 heavy (non-hydrogen) atoms. The topological polar surface area (TPSA) is 97.4 Å². The fourth-order valence-electron chi connectivity index (χ4n) is 1.48. The number of nitro groups is 1. The lowest BCUT2D eigenvalue weighted by Gasteiger charge is -2.15. The van der Waals surface area contributed by atoms with Crippen molar-refractivity contribution in [3.05, 3.63) is 37.2 Å². The molecule has 8 heteroatoms. The van der Waals surface area contributed by atoms with Crippen LogP contribution in [-0.4, -0.2) is 33.3 Å². The lowest BCUT2D eigenvalue weighted by molar-refractivity contribution is -0.385. The van der Waals surface area contributed by atoms with Gasteiger partial charge in [-0.05, 0) is 15.9 Å². The molecule has 0 saturated carbocycles. The molecule has 1 aromatic rings. The molecule has 0 radical (unpaired) electrons. The van der Waals surface area contributed by atoms with Crippen LogP contribution in [0.15, 0.2) is 21.5 Å². The second-order valence-corrected chi connectivity index (χ2v) is 5.33. The maximum Gasteiger partial charge on any atom is 0.286 e. The highest BCUT2D eigenvalue weighted by atomic mass is 79.9. The number of halogens is 1. The van der Waals surface area contributed by atoms with E-state index < -0.39 is 16.6 Å². The second-order valence-electron chi connectivity index (χ2n) is 4.48. The van der Waals surface area contributed by atoms with Gasteiger partial charge in [0.1, 0.15) is 0 Å². The van der Waals surface area contributed by atoms with Crippen LogP contribution in [0.4, 0.5) is 5.69 Å². The van der Waals surface area contributed by atoms with E-state index in [0.29, 0.717) is 6.54 Å². The summed E-state index contributed by atoms with van der Waals surface area (Å²) >= 11 is 2.98. The maximum absolute atomic E-state index is 11.8. The molecule has 1 rings (SSSR count). The molecule has 7 nitrogen and oxygen atoms in total. The van der Waals surface area contributed by atoms with Crippen molar-refractivity contribution in [3.63, 3.8) is 0 Å². The van der Waals surface area contributed by atoms with E-state index in [-0.39, 0.29) is 22.7 Å². The van der Waals surface area contributed by atoms with Crippen molar-refractivity contribution in [3.8, 4) is 0 Å². The third-order valence-electron chi connectivity index (χ3n) is 2.41. The van der Waals surface area contributed by atoms with E-state index in [2.05, 4.69) is 21.2 Å². The Morgan fingerprint density at radius 3 is 2.74 bits per heavy atom. The average molecular weight is 334 g/mol. The van der Waals surface area contributed by atoms with Crippen LogP contribution in [0.2, 0.25) is 0 Å². The number of nitrogens with zero attached hydrogens (tertiary/aromatic N) is 2. The molecule has 0 bridgehead atoms. The fourth-order valence-corrected chi connectivity index (χ4v) is 1.95. The van der Waals surface area contributed by atoms with E-state index in [0.717, 1.165) is 16.8 Å².